The Labute approximate surface area is 111 Å². The van der Waals surface area contributed by atoms with Crippen LogP contribution in [0, 0.1) is 0 Å². The Bertz CT molecular complexity index is 619. The maximum absolute atomic E-state index is 6.06. The van der Waals surface area contributed by atoms with Crippen molar-refractivity contribution in [3.8, 4) is 22.8 Å². The first-order valence-electron chi connectivity index (χ1n) is 6.42. The van der Waals surface area contributed by atoms with Crippen LogP contribution < -0.4 is 15.2 Å². The molecule has 0 bridgehead atoms. The lowest BCUT2D eigenvalue weighted by molar-refractivity contribution is 0.172. The second-order valence-corrected chi connectivity index (χ2v) is 4.52. The topological polar surface area (TPSA) is 62.3 Å². The molecule has 0 unspecified atom stereocenters. The van der Waals surface area contributed by atoms with Gasteiger partial charge in [0, 0.05) is 18.2 Å². The quantitative estimate of drug-likeness (QED) is 0.896. The number of hydrogen-bond donors (Lipinski definition) is 1. The summed E-state index contributed by atoms with van der Waals surface area (Å²) in [4.78, 5) is 0. The largest absolute Gasteiger partial charge is 0.486 e. The Morgan fingerprint density at radius 3 is 2.89 bits per heavy atom. The molecule has 0 radical (unpaired) electrons. The smallest absolute Gasteiger partial charge is 0.170 e. The van der Waals surface area contributed by atoms with Gasteiger partial charge >= 0.3 is 0 Å². The lowest BCUT2D eigenvalue weighted by atomic mass is 10.0. The zero-order valence-corrected chi connectivity index (χ0v) is 11.1. The fourth-order valence-electron chi connectivity index (χ4n) is 2.41. The number of benzene rings is 1. The first kappa shape index (κ1) is 11.9. The third-order valence-electron chi connectivity index (χ3n) is 3.37. The van der Waals surface area contributed by atoms with E-state index in [2.05, 4.69) is 12.0 Å². The van der Waals surface area contributed by atoms with E-state index in [1.807, 2.05) is 25.2 Å². The average molecular weight is 259 g/mol. The van der Waals surface area contributed by atoms with Gasteiger partial charge in [-0.05, 0) is 18.6 Å². The molecule has 0 amide bonds. The van der Waals surface area contributed by atoms with Crippen LogP contribution in [0.5, 0.6) is 11.5 Å². The lowest BCUT2D eigenvalue weighted by Gasteiger charge is -2.20. The molecule has 0 saturated carbocycles. The molecule has 3 rings (SSSR count). The second-order valence-electron chi connectivity index (χ2n) is 4.52. The highest BCUT2D eigenvalue weighted by Gasteiger charge is 2.22. The molecule has 5 heteroatoms. The van der Waals surface area contributed by atoms with Gasteiger partial charge in [0.1, 0.15) is 24.7 Å². The van der Waals surface area contributed by atoms with Crippen LogP contribution in [0.25, 0.3) is 11.3 Å². The Kier molecular flexibility index (Phi) is 2.81. The molecule has 0 fully saturated rings. The summed E-state index contributed by atoms with van der Waals surface area (Å²) in [6.45, 7) is 3.22. The van der Waals surface area contributed by atoms with Gasteiger partial charge in [-0.1, -0.05) is 13.0 Å². The van der Waals surface area contributed by atoms with E-state index in [1.54, 1.807) is 4.68 Å². The first-order valence-corrected chi connectivity index (χ1v) is 6.42. The summed E-state index contributed by atoms with van der Waals surface area (Å²) in [7, 11) is 1.85. The van der Waals surface area contributed by atoms with Gasteiger partial charge in [-0.15, -0.1) is 0 Å². The molecule has 1 aromatic carbocycles. The van der Waals surface area contributed by atoms with Gasteiger partial charge in [0.25, 0.3) is 0 Å². The Morgan fingerprint density at radius 1 is 1.32 bits per heavy atom. The van der Waals surface area contributed by atoms with Crippen molar-refractivity contribution in [3.05, 3.63) is 23.8 Å². The standard InChI is InChI=1S/C14H17N3O2/c1-3-9-12(16-17(2)14(9)15)10-5-4-6-11-13(10)19-8-7-18-11/h4-6H,3,7-8,15H2,1-2H3. The van der Waals surface area contributed by atoms with Crippen molar-refractivity contribution in [1.82, 2.24) is 9.78 Å². The first-order chi connectivity index (χ1) is 9.22. The van der Waals surface area contributed by atoms with Gasteiger partial charge in [-0.3, -0.25) is 4.68 Å². The minimum atomic E-state index is 0.563. The van der Waals surface area contributed by atoms with E-state index in [1.165, 1.54) is 0 Å². The van der Waals surface area contributed by atoms with Crippen molar-refractivity contribution in [2.24, 2.45) is 7.05 Å². The van der Waals surface area contributed by atoms with Crippen molar-refractivity contribution in [3.63, 3.8) is 0 Å². The van der Waals surface area contributed by atoms with Crippen molar-refractivity contribution in [2.75, 3.05) is 18.9 Å². The summed E-state index contributed by atoms with van der Waals surface area (Å²) >= 11 is 0. The second kappa shape index (κ2) is 4.50. The molecule has 1 aliphatic rings. The van der Waals surface area contributed by atoms with Gasteiger partial charge in [-0.25, -0.2) is 0 Å². The minimum absolute atomic E-state index is 0.563. The molecular weight excluding hydrogens is 242 g/mol. The molecule has 1 aliphatic heterocycles. The Balaban J connectivity index is 2.20. The van der Waals surface area contributed by atoms with Crippen LogP contribution in [0.2, 0.25) is 0 Å². The number of aryl methyl sites for hydroxylation is 1. The van der Waals surface area contributed by atoms with Crippen LogP contribution in [0.15, 0.2) is 18.2 Å². The number of fused-ring (bicyclic) bond motifs is 1. The normalized spacial score (nSPS) is 13.6. The third-order valence-corrected chi connectivity index (χ3v) is 3.37. The van der Waals surface area contributed by atoms with Gasteiger partial charge in [0.2, 0.25) is 0 Å². The zero-order chi connectivity index (χ0) is 13.4. The average Bonchev–Trinajstić information content (AvgIpc) is 2.73. The van der Waals surface area contributed by atoms with Gasteiger partial charge in [0.15, 0.2) is 11.5 Å². The van der Waals surface area contributed by atoms with E-state index in [0.717, 1.165) is 34.7 Å². The summed E-state index contributed by atoms with van der Waals surface area (Å²) in [5.41, 5.74) is 8.93. The molecule has 19 heavy (non-hydrogen) atoms. The molecule has 2 heterocycles. The van der Waals surface area contributed by atoms with Gasteiger partial charge in [0.05, 0.1) is 0 Å². The van der Waals surface area contributed by atoms with E-state index in [0.29, 0.717) is 19.0 Å². The molecule has 0 spiro atoms. The highest BCUT2D eigenvalue weighted by molar-refractivity contribution is 5.76. The lowest BCUT2D eigenvalue weighted by Crippen LogP contribution is -2.16. The molecule has 0 saturated heterocycles. The van der Waals surface area contributed by atoms with E-state index >= 15 is 0 Å². The number of nitrogens with two attached hydrogens (primary N) is 1. The predicted octanol–water partition coefficient (Wildman–Crippen LogP) is 2.00. The number of aromatic nitrogens is 2. The van der Waals surface area contributed by atoms with Gasteiger partial charge < -0.3 is 15.2 Å². The zero-order valence-electron chi connectivity index (χ0n) is 11.1. The molecule has 5 nitrogen and oxygen atoms in total. The monoisotopic (exact) mass is 259 g/mol. The number of nitrogens with zero attached hydrogens (tertiary/aromatic N) is 2. The Morgan fingerprint density at radius 2 is 2.11 bits per heavy atom. The summed E-state index contributed by atoms with van der Waals surface area (Å²) < 4.78 is 13.1. The van der Waals surface area contributed by atoms with Crippen molar-refractivity contribution in [2.45, 2.75) is 13.3 Å². The fraction of sp³-hybridized carbons (Fsp3) is 0.357. The number of nitrogen functional groups attached to an aromatic ring is 1. The fourth-order valence-corrected chi connectivity index (χ4v) is 2.41. The number of anilines is 1. The van der Waals surface area contributed by atoms with E-state index in [-0.39, 0.29) is 0 Å². The van der Waals surface area contributed by atoms with Crippen LogP contribution in [-0.2, 0) is 13.5 Å². The van der Waals surface area contributed by atoms with Gasteiger partial charge in [-0.2, -0.15) is 5.10 Å². The third kappa shape index (κ3) is 1.82. The van der Waals surface area contributed by atoms with E-state index < -0.39 is 0 Å². The van der Waals surface area contributed by atoms with Crippen LogP contribution in [0.1, 0.15) is 12.5 Å². The van der Waals surface area contributed by atoms with Crippen molar-refractivity contribution >= 4 is 5.82 Å². The summed E-state index contributed by atoms with van der Waals surface area (Å²) in [5.74, 6) is 2.24. The highest BCUT2D eigenvalue weighted by atomic mass is 16.6. The summed E-state index contributed by atoms with van der Waals surface area (Å²) in [6, 6.07) is 5.86. The number of ether oxygens (including phenoxy) is 2. The molecule has 2 N–H and O–H groups in total. The van der Waals surface area contributed by atoms with Crippen molar-refractivity contribution in [1.29, 1.82) is 0 Å². The summed E-state index contributed by atoms with van der Waals surface area (Å²) in [5, 5.41) is 4.52. The maximum Gasteiger partial charge on any atom is 0.170 e. The van der Waals surface area contributed by atoms with Crippen LogP contribution >= 0.6 is 0 Å². The van der Waals surface area contributed by atoms with E-state index in [4.69, 9.17) is 15.2 Å². The van der Waals surface area contributed by atoms with Crippen molar-refractivity contribution < 1.29 is 9.47 Å². The molecule has 1 aromatic heterocycles. The minimum Gasteiger partial charge on any atom is -0.486 e. The molecule has 0 atom stereocenters. The van der Waals surface area contributed by atoms with Crippen LogP contribution in [-0.4, -0.2) is 23.0 Å². The number of rotatable bonds is 2. The maximum atomic E-state index is 6.06. The van der Waals surface area contributed by atoms with Crippen LogP contribution in [0.4, 0.5) is 5.82 Å². The van der Waals surface area contributed by atoms with Crippen LogP contribution in [0.3, 0.4) is 0 Å². The molecular formula is C14H17N3O2. The Hall–Kier alpha value is -2.17. The number of para-hydroxylation sites is 1. The predicted molar refractivity (Wildman–Crippen MR) is 73.4 cm³/mol. The van der Waals surface area contributed by atoms with E-state index in [9.17, 15) is 0 Å². The molecule has 2 aromatic rings. The molecule has 100 valence electrons. The summed E-state index contributed by atoms with van der Waals surface area (Å²) in [6.07, 6.45) is 0.833. The molecule has 0 aliphatic carbocycles. The highest BCUT2D eigenvalue weighted by Crippen LogP contribution is 2.41. The SMILES string of the molecule is CCc1c(-c2cccc3c2OCCO3)nn(C)c1N. The number of hydrogen-bond acceptors (Lipinski definition) is 4.